The van der Waals surface area contributed by atoms with Crippen LogP contribution in [0, 0.1) is 5.82 Å². The van der Waals surface area contributed by atoms with Crippen LogP contribution in [0.3, 0.4) is 0 Å². The highest BCUT2D eigenvalue weighted by Gasteiger charge is 2.21. The summed E-state index contributed by atoms with van der Waals surface area (Å²) < 4.78 is 19.3. The van der Waals surface area contributed by atoms with Crippen molar-refractivity contribution in [2.24, 2.45) is 0 Å². The van der Waals surface area contributed by atoms with E-state index in [9.17, 15) is 9.18 Å². The molecule has 0 unspecified atom stereocenters. The van der Waals surface area contributed by atoms with Crippen LogP contribution < -0.4 is 5.73 Å². The maximum atomic E-state index is 13.2. The van der Waals surface area contributed by atoms with Crippen LogP contribution in [-0.4, -0.2) is 21.5 Å². The topological polar surface area (TPSA) is 70.1 Å². The van der Waals surface area contributed by atoms with Crippen LogP contribution in [0.25, 0.3) is 10.9 Å². The van der Waals surface area contributed by atoms with Gasteiger partial charge in [0.05, 0.1) is 5.52 Å². The number of benzene rings is 1. The van der Waals surface area contributed by atoms with E-state index in [1.54, 1.807) is 20.8 Å². The Morgan fingerprint density at radius 2 is 2.11 bits per heavy atom. The summed E-state index contributed by atoms with van der Waals surface area (Å²) in [6.07, 6.45) is -0.685. The molecule has 2 aromatic rings. The van der Waals surface area contributed by atoms with Gasteiger partial charge in [0.25, 0.3) is 0 Å². The molecule has 0 radical (unpaired) electrons. The number of halogens is 1. The van der Waals surface area contributed by atoms with Crippen molar-refractivity contribution in [3.8, 4) is 0 Å². The van der Waals surface area contributed by atoms with E-state index in [0.717, 1.165) is 4.68 Å². The molecule has 1 heterocycles. The molecule has 18 heavy (non-hydrogen) atoms. The van der Waals surface area contributed by atoms with Crippen LogP contribution in [-0.2, 0) is 4.74 Å². The molecule has 0 amide bonds. The third-order valence-corrected chi connectivity index (χ3v) is 2.24. The molecule has 0 fully saturated rings. The van der Waals surface area contributed by atoms with E-state index >= 15 is 0 Å². The van der Waals surface area contributed by atoms with Gasteiger partial charge in [0, 0.05) is 11.5 Å². The minimum Gasteiger partial charge on any atom is -0.442 e. The Morgan fingerprint density at radius 1 is 1.44 bits per heavy atom. The molecule has 0 saturated carbocycles. The van der Waals surface area contributed by atoms with Crippen molar-refractivity contribution >= 4 is 22.8 Å². The van der Waals surface area contributed by atoms with Crippen LogP contribution in [0.4, 0.5) is 15.0 Å². The molecule has 5 nitrogen and oxygen atoms in total. The second-order valence-electron chi connectivity index (χ2n) is 4.94. The van der Waals surface area contributed by atoms with Crippen molar-refractivity contribution in [2.45, 2.75) is 26.4 Å². The Balaban J connectivity index is 2.51. The van der Waals surface area contributed by atoms with Crippen LogP contribution in [0.2, 0.25) is 0 Å². The van der Waals surface area contributed by atoms with Gasteiger partial charge in [-0.2, -0.15) is 4.68 Å². The van der Waals surface area contributed by atoms with Gasteiger partial charge in [-0.15, -0.1) is 5.10 Å². The SMILES string of the molecule is CC(C)(C)OC(=O)n1nc(N)c2ccc(F)cc21. The summed E-state index contributed by atoms with van der Waals surface area (Å²) in [6, 6.07) is 3.94. The van der Waals surface area contributed by atoms with E-state index in [1.807, 2.05) is 0 Å². The minimum atomic E-state index is -0.685. The summed E-state index contributed by atoms with van der Waals surface area (Å²) in [5.41, 5.74) is 5.30. The van der Waals surface area contributed by atoms with E-state index < -0.39 is 17.5 Å². The molecule has 2 N–H and O–H groups in total. The van der Waals surface area contributed by atoms with Crippen molar-refractivity contribution in [1.29, 1.82) is 0 Å². The molecule has 0 atom stereocenters. The molecule has 2 rings (SSSR count). The van der Waals surface area contributed by atoms with E-state index in [1.165, 1.54) is 18.2 Å². The van der Waals surface area contributed by atoms with Gasteiger partial charge in [-0.05, 0) is 32.9 Å². The van der Waals surface area contributed by atoms with Crippen LogP contribution in [0.15, 0.2) is 18.2 Å². The summed E-state index contributed by atoms with van der Waals surface area (Å²) in [6.45, 7) is 5.21. The third kappa shape index (κ3) is 2.27. The molecule has 0 bridgehead atoms. The maximum Gasteiger partial charge on any atom is 0.435 e. The second kappa shape index (κ2) is 3.97. The van der Waals surface area contributed by atoms with Gasteiger partial charge >= 0.3 is 6.09 Å². The normalized spacial score (nSPS) is 11.8. The molecule has 0 spiro atoms. The van der Waals surface area contributed by atoms with Crippen molar-refractivity contribution in [3.05, 3.63) is 24.0 Å². The average molecular weight is 251 g/mol. The fraction of sp³-hybridized carbons (Fsp3) is 0.333. The highest BCUT2D eigenvalue weighted by molar-refractivity contribution is 5.94. The molecule has 96 valence electrons. The number of rotatable bonds is 0. The first kappa shape index (κ1) is 12.3. The van der Waals surface area contributed by atoms with Crippen molar-refractivity contribution in [2.75, 3.05) is 5.73 Å². The first-order chi connectivity index (χ1) is 8.28. The fourth-order valence-corrected chi connectivity index (χ4v) is 1.56. The van der Waals surface area contributed by atoms with Gasteiger partial charge in [0.2, 0.25) is 0 Å². The van der Waals surface area contributed by atoms with E-state index in [2.05, 4.69) is 5.10 Å². The monoisotopic (exact) mass is 251 g/mol. The molecular weight excluding hydrogens is 237 g/mol. The summed E-state index contributed by atoms with van der Waals surface area (Å²) in [4.78, 5) is 11.9. The van der Waals surface area contributed by atoms with Gasteiger partial charge in [-0.3, -0.25) is 0 Å². The Morgan fingerprint density at radius 3 is 2.72 bits per heavy atom. The number of ether oxygens (including phenoxy) is 1. The lowest BCUT2D eigenvalue weighted by Gasteiger charge is -2.19. The van der Waals surface area contributed by atoms with Gasteiger partial charge in [0.1, 0.15) is 11.4 Å². The number of fused-ring (bicyclic) bond motifs is 1. The average Bonchev–Trinajstić information content (AvgIpc) is 2.53. The summed E-state index contributed by atoms with van der Waals surface area (Å²) >= 11 is 0. The molecule has 1 aromatic carbocycles. The number of carbonyl (C=O) groups excluding carboxylic acids is 1. The number of aromatic nitrogens is 2. The highest BCUT2D eigenvalue weighted by atomic mass is 19.1. The first-order valence-corrected chi connectivity index (χ1v) is 5.45. The van der Waals surface area contributed by atoms with E-state index in [4.69, 9.17) is 10.5 Å². The molecule has 6 heteroatoms. The lowest BCUT2D eigenvalue weighted by atomic mass is 10.2. The summed E-state index contributed by atoms with van der Waals surface area (Å²) in [7, 11) is 0. The van der Waals surface area contributed by atoms with Crippen molar-refractivity contribution in [1.82, 2.24) is 9.78 Å². The Labute approximate surface area is 103 Å². The predicted octanol–water partition coefficient (Wildman–Crippen LogP) is 2.54. The van der Waals surface area contributed by atoms with Crippen LogP contribution >= 0.6 is 0 Å². The molecule has 0 aliphatic heterocycles. The molecule has 0 aliphatic carbocycles. The largest absolute Gasteiger partial charge is 0.442 e. The maximum absolute atomic E-state index is 13.2. The minimum absolute atomic E-state index is 0.163. The number of nitrogens with two attached hydrogens (primary N) is 1. The van der Waals surface area contributed by atoms with Gasteiger partial charge < -0.3 is 10.5 Å². The number of anilines is 1. The summed E-state index contributed by atoms with van der Waals surface area (Å²) in [5, 5.41) is 4.38. The lowest BCUT2D eigenvalue weighted by Crippen LogP contribution is -2.27. The Hall–Kier alpha value is -2.11. The molecule has 0 aliphatic rings. The fourth-order valence-electron chi connectivity index (χ4n) is 1.56. The molecule has 1 aromatic heterocycles. The molecule has 0 saturated heterocycles. The zero-order valence-corrected chi connectivity index (χ0v) is 10.4. The number of carbonyl (C=O) groups is 1. The smallest absolute Gasteiger partial charge is 0.435 e. The summed E-state index contributed by atoms with van der Waals surface area (Å²) in [5.74, 6) is -0.303. The van der Waals surface area contributed by atoms with E-state index in [0.29, 0.717) is 10.9 Å². The highest BCUT2D eigenvalue weighted by Crippen LogP contribution is 2.22. The Bertz CT molecular complexity index is 614. The predicted molar refractivity (Wildman–Crippen MR) is 65.7 cm³/mol. The van der Waals surface area contributed by atoms with Crippen molar-refractivity contribution in [3.63, 3.8) is 0 Å². The van der Waals surface area contributed by atoms with Gasteiger partial charge in [-0.25, -0.2) is 9.18 Å². The number of nitrogen functional groups attached to an aromatic ring is 1. The lowest BCUT2D eigenvalue weighted by molar-refractivity contribution is 0.0523. The van der Waals surface area contributed by atoms with Crippen LogP contribution in [0.1, 0.15) is 20.8 Å². The van der Waals surface area contributed by atoms with Gasteiger partial charge in [0.15, 0.2) is 5.82 Å². The quantitative estimate of drug-likeness (QED) is 0.781. The standard InChI is InChI=1S/C12H14FN3O2/c1-12(2,3)18-11(17)16-9-6-7(13)4-5-8(9)10(14)15-16/h4-6H,1-3H3,(H2,14,15). The number of nitrogens with zero attached hydrogens (tertiary/aromatic N) is 2. The third-order valence-electron chi connectivity index (χ3n) is 2.24. The van der Waals surface area contributed by atoms with E-state index in [-0.39, 0.29) is 5.82 Å². The number of hydrogen-bond donors (Lipinski definition) is 1. The zero-order chi connectivity index (χ0) is 13.5. The van der Waals surface area contributed by atoms with Gasteiger partial charge in [-0.1, -0.05) is 0 Å². The van der Waals surface area contributed by atoms with Crippen LogP contribution in [0.5, 0.6) is 0 Å². The Kier molecular flexibility index (Phi) is 2.73. The molecular formula is C12H14FN3O2. The number of hydrogen-bond acceptors (Lipinski definition) is 4. The van der Waals surface area contributed by atoms with Crippen molar-refractivity contribution < 1.29 is 13.9 Å². The second-order valence-corrected chi connectivity index (χ2v) is 4.94. The first-order valence-electron chi connectivity index (χ1n) is 5.45. The zero-order valence-electron chi connectivity index (χ0n) is 10.4.